The number of nitrogens with one attached hydrogen (secondary N) is 3. The van der Waals surface area contributed by atoms with E-state index in [2.05, 4.69) is 20.3 Å². The van der Waals surface area contributed by atoms with E-state index in [9.17, 15) is 9.59 Å². The monoisotopic (exact) mass is 285 g/mol. The molecule has 0 bridgehead atoms. The van der Waals surface area contributed by atoms with Crippen molar-refractivity contribution in [2.75, 3.05) is 5.32 Å². The minimum Gasteiger partial charge on any atom is -0.361 e. The third kappa shape index (κ3) is 2.58. The fraction of sp³-hybridized carbons (Fsp3) is 0.214. The molecule has 7 nitrogen and oxygen atoms in total. The first kappa shape index (κ1) is 13.2. The van der Waals surface area contributed by atoms with E-state index in [-0.39, 0.29) is 11.2 Å². The van der Waals surface area contributed by atoms with Crippen LogP contribution in [0.4, 0.5) is 5.82 Å². The molecule has 0 aliphatic carbocycles. The number of hydrogen-bond donors (Lipinski definition) is 3. The van der Waals surface area contributed by atoms with Crippen molar-refractivity contribution in [3.8, 4) is 0 Å². The van der Waals surface area contributed by atoms with Gasteiger partial charge in [0, 0.05) is 25.5 Å². The molecule has 108 valence electrons. The van der Waals surface area contributed by atoms with Gasteiger partial charge in [-0.05, 0) is 24.6 Å². The zero-order valence-electron chi connectivity index (χ0n) is 11.5. The van der Waals surface area contributed by atoms with E-state index in [1.54, 1.807) is 17.0 Å². The molecule has 0 atom stereocenters. The number of hydrogen-bond acceptors (Lipinski definition) is 4. The Kier molecular flexibility index (Phi) is 3.31. The SMILES string of the molecule is CCn1ccnc(NCc2ccc3[nH]c(=O)[nH]c3c2)c1=O. The molecule has 2 heterocycles. The highest BCUT2D eigenvalue weighted by atomic mass is 16.1. The Morgan fingerprint density at radius 3 is 2.86 bits per heavy atom. The minimum absolute atomic E-state index is 0.142. The number of anilines is 1. The maximum Gasteiger partial charge on any atom is 0.323 e. The lowest BCUT2D eigenvalue weighted by molar-refractivity contribution is 0.718. The summed E-state index contributed by atoms with van der Waals surface area (Å²) in [5.41, 5.74) is 2.08. The summed E-state index contributed by atoms with van der Waals surface area (Å²) in [6.07, 6.45) is 3.25. The van der Waals surface area contributed by atoms with Gasteiger partial charge in [0.1, 0.15) is 0 Å². The van der Waals surface area contributed by atoms with Crippen LogP contribution in [-0.2, 0) is 13.1 Å². The van der Waals surface area contributed by atoms with Crippen LogP contribution in [0.5, 0.6) is 0 Å². The van der Waals surface area contributed by atoms with Gasteiger partial charge in [0.05, 0.1) is 11.0 Å². The van der Waals surface area contributed by atoms with Crippen LogP contribution in [0.25, 0.3) is 11.0 Å². The lowest BCUT2D eigenvalue weighted by Crippen LogP contribution is -2.23. The molecule has 1 aromatic carbocycles. The number of nitrogens with zero attached hydrogens (tertiary/aromatic N) is 2. The molecule has 3 N–H and O–H groups in total. The maximum atomic E-state index is 12.0. The predicted octanol–water partition coefficient (Wildman–Crippen LogP) is 1.04. The summed E-state index contributed by atoms with van der Waals surface area (Å²) in [7, 11) is 0. The minimum atomic E-state index is -0.231. The van der Waals surface area contributed by atoms with Gasteiger partial charge in [-0.15, -0.1) is 0 Å². The van der Waals surface area contributed by atoms with Gasteiger partial charge in [-0.1, -0.05) is 6.07 Å². The average Bonchev–Trinajstić information content (AvgIpc) is 2.85. The van der Waals surface area contributed by atoms with Crippen molar-refractivity contribution in [1.29, 1.82) is 0 Å². The van der Waals surface area contributed by atoms with Gasteiger partial charge >= 0.3 is 5.69 Å². The Labute approximate surface area is 119 Å². The molecule has 0 saturated heterocycles. The van der Waals surface area contributed by atoms with Crippen LogP contribution in [0.3, 0.4) is 0 Å². The van der Waals surface area contributed by atoms with Crippen LogP contribution in [0, 0.1) is 0 Å². The maximum absolute atomic E-state index is 12.0. The molecule has 0 fully saturated rings. The Morgan fingerprint density at radius 2 is 2.05 bits per heavy atom. The van der Waals surface area contributed by atoms with Gasteiger partial charge in [0.25, 0.3) is 5.56 Å². The number of imidazole rings is 1. The fourth-order valence-corrected chi connectivity index (χ4v) is 2.19. The number of fused-ring (bicyclic) bond motifs is 1. The van der Waals surface area contributed by atoms with Crippen LogP contribution < -0.4 is 16.6 Å². The zero-order valence-corrected chi connectivity index (χ0v) is 11.5. The number of aromatic nitrogens is 4. The van der Waals surface area contributed by atoms with E-state index >= 15 is 0 Å². The number of rotatable bonds is 4. The summed E-state index contributed by atoms with van der Waals surface area (Å²) in [6, 6.07) is 5.58. The standard InChI is InChI=1S/C14H15N5O2/c1-2-19-6-5-15-12(13(19)20)16-8-9-3-4-10-11(7-9)18-14(21)17-10/h3-7H,2,8H2,1H3,(H,15,16)(H2,17,18,21). The molecular formula is C14H15N5O2. The van der Waals surface area contributed by atoms with E-state index < -0.39 is 0 Å². The van der Waals surface area contributed by atoms with E-state index in [4.69, 9.17) is 0 Å². The van der Waals surface area contributed by atoms with Gasteiger partial charge < -0.3 is 19.9 Å². The first-order chi connectivity index (χ1) is 10.2. The molecule has 0 saturated carbocycles. The topological polar surface area (TPSA) is 95.6 Å². The Morgan fingerprint density at radius 1 is 1.24 bits per heavy atom. The van der Waals surface area contributed by atoms with Gasteiger partial charge in [-0.25, -0.2) is 9.78 Å². The lowest BCUT2D eigenvalue weighted by atomic mass is 10.2. The van der Waals surface area contributed by atoms with Crippen molar-refractivity contribution < 1.29 is 0 Å². The second-order valence-electron chi connectivity index (χ2n) is 4.68. The summed E-state index contributed by atoms with van der Waals surface area (Å²) in [4.78, 5) is 32.7. The summed E-state index contributed by atoms with van der Waals surface area (Å²) in [5, 5.41) is 3.03. The molecule has 0 radical (unpaired) electrons. The second kappa shape index (κ2) is 5.28. The summed E-state index contributed by atoms with van der Waals surface area (Å²) < 4.78 is 1.59. The third-order valence-electron chi connectivity index (χ3n) is 3.29. The summed E-state index contributed by atoms with van der Waals surface area (Å²) in [5.74, 6) is 0.321. The van der Waals surface area contributed by atoms with Crippen LogP contribution in [0.15, 0.2) is 40.2 Å². The first-order valence-electron chi connectivity index (χ1n) is 6.67. The van der Waals surface area contributed by atoms with E-state index in [0.29, 0.717) is 18.9 Å². The number of aromatic amines is 2. The van der Waals surface area contributed by atoms with Crippen LogP contribution >= 0.6 is 0 Å². The van der Waals surface area contributed by atoms with Crippen molar-refractivity contribution in [3.63, 3.8) is 0 Å². The molecule has 0 aliphatic rings. The Balaban J connectivity index is 1.83. The van der Waals surface area contributed by atoms with Crippen molar-refractivity contribution in [2.24, 2.45) is 0 Å². The quantitative estimate of drug-likeness (QED) is 0.667. The zero-order chi connectivity index (χ0) is 14.8. The van der Waals surface area contributed by atoms with Gasteiger partial charge in [-0.2, -0.15) is 0 Å². The molecule has 0 unspecified atom stereocenters. The molecular weight excluding hydrogens is 270 g/mol. The average molecular weight is 285 g/mol. The van der Waals surface area contributed by atoms with Gasteiger partial charge in [-0.3, -0.25) is 4.79 Å². The fourth-order valence-electron chi connectivity index (χ4n) is 2.19. The van der Waals surface area contributed by atoms with Gasteiger partial charge in [0.2, 0.25) is 0 Å². The van der Waals surface area contributed by atoms with Crippen LogP contribution in [0.1, 0.15) is 12.5 Å². The van der Waals surface area contributed by atoms with E-state index in [1.165, 1.54) is 0 Å². The second-order valence-corrected chi connectivity index (χ2v) is 4.68. The lowest BCUT2D eigenvalue weighted by Gasteiger charge is -2.07. The third-order valence-corrected chi connectivity index (χ3v) is 3.29. The van der Waals surface area contributed by atoms with Crippen LogP contribution in [0.2, 0.25) is 0 Å². The molecule has 7 heteroatoms. The molecule has 2 aromatic heterocycles. The highest BCUT2D eigenvalue weighted by Gasteiger charge is 2.04. The number of H-pyrrole nitrogens is 2. The normalized spacial score (nSPS) is 10.9. The molecule has 0 aliphatic heterocycles. The Hall–Kier alpha value is -2.83. The van der Waals surface area contributed by atoms with E-state index in [0.717, 1.165) is 16.6 Å². The predicted molar refractivity (Wildman–Crippen MR) is 80.4 cm³/mol. The molecule has 0 amide bonds. The molecule has 3 aromatic rings. The largest absolute Gasteiger partial charge is 0.361 e. The smallest absolute Gasteiger partial charge is 0.323 e. The van der Waals surface area contributed by atoms with Gasteiger partial charge in [0.15, 0.2) is 5.82 Å². The summed E-state index contributed by atoms with van der Waals surface area (Å²) in [6.45, 7) is 2.97. The van der Waals surface area contributed by atoms with Crippen LogP contribution in [-0.4, -0.2) is 19.5 Å². The van der Waals surface area contributed by atoms with Crippen molar-refractivity contribution in [2.45, 2.75) is 20.0 Å². The van der Waals surface area contributed by atoms with Crippen molar-refractivity contribution >= 4 is 16.9 Å². The summed E-state index contributed by atoms with van der Waals surface area (Å²) >= 11 is 0. The van der Waals surface area contributed by atoms with Crippen molar-refractivity contribution in [1.82, 2.24) is 19.5 Å². The number of benzene rings is 1. The Bertz CT molecular complexity index is 890. The molecule has 21 heavy (non-hydrogen) atoms. The van der Waals surface area contributed by atoms with Crippen molar-refractivity contribution in [3.05, 3.63) is 57.0 Å². The molecule has 0 spiro atoms. The first-order valence-corrected chi connectivity index (χ1v) is 6.67. The number of aryl methyl sites for hydroxylation is 1. The molecule has 3 rings (SSSR count). The highest BCUT2D eigenvalue weighted by Crippen LogP contribution is 2.11. The van der Waals surface area contributed by atoms with E-state index in [1.807, 2.05) is 25.1 Å². The highest BCUT2D eigenvalue weighted by molar-refractivity contribution is 5.75.